The van der Waals surface area contributed by atoms with Crippen molar-refractivity contribution in [3.05, 3.63) is 58.9 Å². The minimum atomic E-state index is -0.965. The van der Waals surface area contributed by atoms with Crippen LogP contribution >= 0.6 is 11.6 Å². The van der Waals surface area contributed by atoms with E-state index < -0.39 is 17.8 Å². The predicted octanol–water partition coefficient (Wildman–Crippen LogP) is 4.16. The lowest BCUT2D eigenvalue weighted by Gasteiger charge is -2.21. The Bertz CT molecular complexity index is 684. The number of hydrogen-bond acceptors (Lipinski definition) is 4. The van der Waals surface area contributed by atoms with Gasteiger partial charge in [0.05, 0.1) is 5.69 Å². The maximum atomic E-state index is 12.0. The van der Waals surface area contributed by atoms with Gasteiger partial charge in [0.1, 0.15) is 11.7 Å². The van der Waals surface area contributed by atoms with Gasteiger partial charge in [-0.25, -0.2) is 4.79 Å². The molecule has 1 aromatic carbocycles. The first kappa shape index (κ1) is 17.2. The molecule has 0 aliphatic heterocycles. The number of aliphatic hydroxyl groups excluding tert-OH is 1. The molecule has 0 saturated heterocycles. The molecule has 0 aliphatic rings. The summed E-state index contributed by atoms with van der Waals surface area (Å²) < 4.78 is 5.24. The molecule has 0 aliphatic carbocycles. The second-order valence-electron chi connectivity index (χ2n) is 6.05. The number of benzene rings is 1. The van der Waals surface area contributed by atoms with Crippen molar-refractivity contribution in [2.75, 3.05) is 5.32 Å². The van der Waals surface area contributed by atoms with Gasteiger partial charge in [-0.2, -0.15) is 0 Å². The van der Waals surface area contributed by atoms with Gasteiger partial charge in [0, 0.05) is 28.5 Å². The fraction of sp³-hybridized carbons (Fsp3) is 0.294. The van der Waals surface area contributed by atoms with E-state index in [1.807, 2.05) is 0 Å². The topological polar surface area (TPSA) is 71.5 Å². The molecule has 0 fully saturated rings. The molecule has 1 atom stereocenters. The maximum Gasteiger partial charge on any atom is 0.412 e. The Kier molecular flexibility index (Phi) is 5.23. The minimum Gasteiger partial charge on any atom is -0.444 e. The fourth-order valence-electron chi connectivity index (χ4n) is 2.00. The summed E-state index contributed by atoms with van der Waals surface area (Å²) in [6.07, 6.45) is 1.61. The zero-order valence-corrected chi connectivity index (χ0v) is 14.0. The van der Waals surface area contributed by atoms with Gasteiger partial charge in [0.2, 0.25) is 0 Å². The Morgan fingerprint density at radius 1 is 1.35 bits per heavy atom. The van der Waals surface area contributed by atoms with Crippen LogP contribution < -0.4 is 5.32 Å². The van der Waals surface area contributed by atoms with Crippen molar-refractivity contribution >= 4 is 23.4 Å². The first-order valence-corrected chi connectivity index (χ1v) is 7.51. The quantitative estimate of drug-likeness (QED) is 0.884. The second kappa shape index (κ2) is 6.98. The van der Waals surface area contributed by atoms with Crippen molar-refractivity contribution in [2.24, 2.45) is 0 Å². The Morgan fingerprint density at radius 3 is 2.70 bits per heavy atom. The number of nitrogens with zero attached hydrogens (tertiary/aromatic N) is 1. The van der Waals surface area contributed by atoms with E-state index in [1.165, 1.54) is 0 Å². The molecule has 5 nitrogen and oxygen atoms in total. The second-order valence-corrected chi connectivity index (χ2v) is 6.48. The molecule has 0 saturated carbocycles. The Balaban J connectivity index is 2.29. The molecule has 23 heavy (non-hydrogen) atoms. The first-order valence-electron chi connectivity index (χ1n) is 7.14. The zero-order chi connectivity index (χ0) is 17.0. The molecule has 2 N–H and O–H groups in total. The summed E-state index contributed by atoms with van der Waals surface area (Å²) >= 11 is 6.02. The molecular formula is C17H19ClN2O3. The molecule has 6 heteroatoms. The predicted molar refractivity (Wildman–Crippen MR) is 89.6 cm³/mol. The van der Waals surface area contributed by atoms with Crippen LogP contribution in [0.5, 0.6) is 0 Å². The van der Waals surface area contributed by atoms with Gasteiger partial charge in [-0.15, -0.1) is 0 Å². The van der Waals surface area contributed by atoms with Crippen LogP contribution in [-0.2, 0) is 4.74 Å². The Hall–Kier alpha value is -2.11. The van der Waals surface area contributed by atoms with E-state index in [9.17, 15) is 9.90 Å². The third-order valence-corrected chi connectivity index (χ3v) is 3.18. The zero-order valence-electron chi connectivity index (χ0n) is 13.2. The van der Waals surface area contributed by atoms with E-state index in [0.717, 1.165) is 0 Å². The van der Waals surface area contributed by atoms with Gasteiger partial charge in [-0.1, -0.05) is 17.7 Å². The minimum absolute atomic E-state index is 0.431. The highest BCUT2D eigenvalue weighted by atomic mass is 35.5. The number of aliphatic hydroxyl groups is 1. The SMILES string of the molecule is CC(C)(C)OC(=O)Nc1ccc(Cl)cc1C(O)c1cccnc1. The third kappa shape index (κ3) is 4.94. The molecule has 1 unspecified atom stereocenters. The molecule has 0 radical (unpaired) electrons. The highest BCUT2D eigenvalue weighted by molar-refractivity contribution is 6.30. The van der Waals surface area contributed by atoms with Crippen LogP contribution in [0.2, 0.25) is 5.02 Å². The molecule has 122 valence electrons. The number of anilines is 1. The van der Waals surface area contributed by atoms with E-state index in [4.69, 9.17) is 16.3 Å². The van der Waals surface area contributed by atoms with Gasteiger partial charge in [0.25, 0.3) is 0 Å². The van der Waals surface area contributed by atoms with Gasteiger partial charge >= 0.3 is 6.09 Å². The van der Waals surface area contributed by atoms with Crippen LogP contribution in [0.15, 0.2) is 42.7 Å². The smallest absolute Gasteiger partial charge is 0.412 e. The lowest BCUT2D eigenvalue weighted by molar-refractivity contribution is 0.0635. The molecular weight excluding hydrogens is 316 g/mol. The third-order valence-electron chi connectivity index (χ3n) is 2.94. The molecule has 1 heterocycles. The van der Waals surface area contributed by atoms with Crippen molar-refractivity contribution in [2.45, 2.75) is 32.5 Å². The fourth-order valence-corrected chi connectivity index (χ4v) is 2.19. The van der Waals surface area contributed by atoms with Crippen LogP contribution in [0.4, 0.5) is 10.5 Å². The summed E-state index contributed by atoms with van der Waals surface area (Å²) in [5.41, 5.74) is 0.886. The average molecular weight is 335 g/mol. The number of ether oxygens (including phenoxy) is 1. The molecule has 0 bridgehead atoms. The van der Waals surface area contributed by atoms with Gasteiger partial charge in [-0.3, -0.25) is 10.3 Å². The van der Waals surface area contributed by atoms with E-state index in [0.29, 0.717) is 21.8 Å². The number of rotatable bonds is 3. The van der Waals surface area contributed by atoms with Crippen molar-refractivity contribution < 1.29 is 14.6 Å². The number of carbonyl (C=O) groups is 1. The summed E-state index contributed by atoms with van der Waals surface area (Å²) in [7, 11) is 0. The van der Waals surface area contributed by atoms with E-state index in [-0.39, 0.29) is 0 Å². The maximum absolute atomic E-state index is 12.0. The van der Waals surface area contributed by atoms with Gasteiger partial charge in [0.15, 0.2) is 0 Å². The number of amides is 1. The van der Waals surface area contributed by atoms with Crippen LogP contribution in [0, 0.1) is 0 Å². The Labute approximate surface area is 140 Å². The Morgan fingerprint density at radius 2 is 2.09 bits per heavy atom. The monoisotopic (exact) mass is 334 g/mol. The molecule has 1 aromatic heterocycles. The number of nitrogens with one attached hydrogen (secondary N) is 1. The number of halogens is 1. The van der Waals surface area contributed by atoms with Crippen molar-refractivity contribution in [3.8, 4) is 0 Å². The highest BCUT2D eigenvalue weighted by Gasteiger charge is 2.20. The van der Waals surface area contributed by atoms with E-state index in [2.05, 4.69) is 10.3 Å². The van der Waals surface area contributed by atoms with Crippen molar-refractivity contribution in [1.82, 2.24) is 4.98 Å². The molecule has 1 amide bonds. The lowest BCUT2D eigenvalue weighted by atomic mass is 10.0. The van der Waals surface area contributed by atoms with Crippen molar-refractivity contribution in [3.63, 3.8) is 0 Å². The van der Waals surface area contributed by atoms with E-state index in [1.54, 1.807) is 63.5 Å². The summed E-state index contributed by atoms with van der Waals surface area (Å²) in [6.45, 7) is 5.33. The van der Waals surface area contributed by atoms with Crippen molar-refractivity contribution in [1.29, 1.82) is 0 Å². The summed E-state index contributed by atoms with van der Waals surface area (Å²) in [5.74, 6) is 0. The summed E-state index contributed by atoms with van der Waals surface area (Å²) in [5, 5.41) is 13.7. The normalized spacial score (nSPS) is 12.6. The average Bonchev–Trinajstić information content (AvgIpc) is 2.47. The number of aromatic nitrogens is 1. The van der Waals surface area contributed by atoms with Crippen LogP contribution in [-0.4, -0.2) is 21.8 Å². The van der Waals surface area contributed by atoms with Crippen LogP contribution in [0.1, 0.15) is 38.0 Å². The standard InChI is InChI=1S/C17H19ClN2O3/c1-17(2,3)23-16(22)20-14-7-6-12(18)9-13(14)15(21)11-5-4-8-19-10-11/h4-10,15,21H,1-3H3,(H,20,22). The number of hydrogen-bond donors (Lipinski definition) is 2. The molecule has 0 spiro atoms. The van der Waals surface area contributed by atoms with E-state index >= 15 is 0 Å². The largest absolute Gasteiger partial charge is 0.444 e. The first-order chi connectivity index (χ1) is 10.8. The van der Waals surface area contributed by atoms with Gasteiger partial charge in [-0.05, 0) is 45.0 Å². The van der Waals surface area contributed by atoms with Crippen LogP contribution in [0.25, 0.3) is 0 Å². The summed E-state index contributed by atoms with van der Waals surface area (Å²) in [6, 6.07) is 8.33. The number of carbonyl (C=O) groups excluding carboxylic acids is 1. The number of pyridine rings is 1. The molecule has 2 aromatic rings. The lowest BCUT2D eigenvalue weighted by Crippen LogP contribution is -2.27. The highest BCUT2D eigenvalue weighted by Crippen LogP contribution is 2.30. The molecule has 2 rings (SSSR count). The van der Waals surface area contributed by atoms with Crippen LogP contribution in [0.3, 0.4) is 0 Å². The van der Waals surface area contributed by atoms with Gasteiger partial charge < -0.3 is 9.84 Å². The summed E-state index contributed by atoms with van der Waals surface area (Å²) in [4.78, 5) is 16.0.